The smallest absolute Gasteiger partial charge is 0.298 e. The summed E-state index contributed by atoms with van der Waals surface area (Å²) in [6.45, 7) is 2.94. The summed E-state index contributed by atoms with van der Waals surface area (Å²) in [7, 11) is 0. The standard InChI is InChI=1S/C18H22N2O2/c1-2-7-16-14(5-1)19-17(22-16)20-12-18(8-10-21-11-9-18)13-4-3-6-15(13)20/h1-2,5,7,13,15H,3-4,6,8-12H2/t13-,15+/m0/s1. The Balaban J connectivity index is 1.54. The van der Waals surface area contributed by atoms with E-state index in [0.717, 1.165) is 42.8 Å². The second-order valence-corrected chi connectivity index (χ2v) is 7.17. The van der Waals surface area contributed by atoms with Crippen molar-refractivity contribution >= 4 is 17.1 Å². The van der Waals surface area contributed by atoms with Crippen LogP contribution in [0.4, 0.5) is 6.01 Å². The zero-order valence-corrected chi connectivity index (χ0v) is 12.8. The Morgan fingerprint density at radius 1 is 1.14 bits per heavy atom. The summed E-state index contributed by atoms with van der Waals surface area (Å²) in [6.07, 6.45) is 6.39. The quantitative estimate of drug-likeness (QED) is 0.806. The maximum Gasteiger partial charge on any atom is 0.298 e. The molecule has 0 bridgehead atoms. The average molecular weight is 298 g/mol. The van der Waals surface area contributed by atoms with Crippen molar-refractivity contribution in [3.8, 4) is 0 Å². The Hall–Kier alpha value is -1.55. The molecular weight excluding hydrogens is 276 g/mol. The lowest BCUT2D eigenvalue weighted by Crippen LogP contribution is -2.36. The van der Waals surface area contributed by atoms with E-state index in [9.17, 15) is 0 Å². The highest BCUT2D eigenvalue weighted by atomic mass is 16.5. The third-order valence-electron chi connectivity index (χ3n) is 6.17. The van der Waals surface area contributed by atoms with Gasteiger partial charge < -0.3 is 14.1 Å². The van der Waals surface area contributed by atoms with E-state index in [1.165, 1.54) is 32.1 Å². The SMILES string of the molecule is c1ccc2oc(N3CC4(CCOCC4)[C@H]4CCC[C@H]43)nc2c1. The molecule has 0 unspecified atom stereocenters. The van der Waals surface area contributed by atoms with Gasteiger partial charge in [0, 0.05) is 25.8 Å². The average Bonchev–Trinajstić information content (AvgIpc) is 3.24. The van der Waals surface area contributed by atoms with Gasteiger partial charge in [0.25, 0.3) is 6.01 Å². The number of anilines is 1. The van der Waals surface area contributed by atoms with Gasteiger partial charge in [-0.05, 0) is 49.1 Å². The van der Waals surface area contributed by atoms with Gasteiger partial charge in [0.15, 0.2) is 5.58 Å². The van der Waals surface area contributed by atoms with E-state index < -0.39 is 0 Å². The minimum Gasteiger partial charge on any atom is -0.423 e. The van der Waals surface area contributed by atoms with Crippen molar-refractivity contribution in [2.45, 2.75) is 38.1 Å². The number of fused-ring (bicyclic) bond motifs is 3. The van der Waals surface area contributed by atoms with Crippen LogP contribution in [-0.2, 0) is 4.74 Å². The fourth-order valence-corrected chi connectivity index (χ4v) is 5.10. The molecule has 2 aliphatic heterocycles. The molecule has 1 aromatic heterocycles. The highest BCUT2D eigenvalue weighted by Gasteiger charge is 2.55. The fourth-order valence-electron chi connectivity index (χ4n) is 5.10. The first-order chi connectivity index (χ1) is 10.9. The van der Waals surface area contributed by atoms with Gasteiger partial charge in [0.2, 0.25) is 0 Å². The number of rotatable bonds is 1. The van der Waals surface area contributed by atoms with Crippen molar-refractivity contribution in [3.63, 3.8) is 0 Å². The van der Waals surface area contributed by atoms with Gasteiger partial charge in [-0.3, -0.25) is 0 Å². The molecule has 3 fully saturated rings. The van der Waals surface area contributed by atoms with Crippen LogP contribution in [0.25, 0.3) is 11.1 Å². The number of para-hydroxylation sites is 2. The molecule has 5 rings (SSSR count). The zero-order valence-electron chi connectivity index (χ0n) is 12.8. The van der Waals surface area contributed by atoms with Crippen LogP contribution in [0, 0.1) is 11.3 Å². The molecule has 2 aromatic rings. The summed E-state index contributed by atoms with van der Waals surface area (Å²) in [6, 6.07) is 9.54. The summed E-state index contributed by atoms with van der Waals surface area (Å²) in [4.78, 5) is 7.24. The molecule has 4 nitrogen and oxygen atoms in total. The van der Waals surface area contributed by atoms with Gasteiger partial charge >= 0.3 is 0 Å². The number of aromatic nitrogens is 1. The number of hydrogen-bond acceptors (Lipinski definition) is 4. The van der Waals surface area contributed by atoms with Gasteiger partial charge in [-0.2, -0.15) is 4.98 Å². The molecule has 22 heavy (non-hydrogen) atoms. The predicted octanol–water partition coefficient (Wildman–Crippen LogP) is 3.61. The summed E-state index contributed by atoms with van der Waals surface area (Å²) >= 11 is 0. The molecule has 2 atom stereocenters. The molecule has 3 heterocycles. The molecule has 116 valence electrons. The molecule has 0 radical (unpaired) electrons. The molecule has 4 heteroatoms. The monoisotopic (exact) mass is 298 g/mol. The van der Waals surface area contributed by atoms with E-state index in [2.05, 4.69) is 4.90 Å². The van der Waals surface area contributed by atoms with Crippen LogP contribution in [0.15, 0.2) is 28.7 Å². The van der Waals surface area contributed by atoms with Gasteiger partial charge in [0.1, 0.15) is 5.52 Å². The second-order valence-electron chi connectivity index (χ2n) is 7.17. The molecule has 1 spiro atoms. The minimum atomic E-state index is 0.431. The molecule has 0 amide bonds. The summed E-state index contributed by atoms with van der Waals surface area (Å²) < 4.78 is 11.7. The van der Waals surface area contributed by atoms with Crippen molar-refractivity contribution in [3.05, 3.63) is 24.3 Å². The third-order valence-corrected chi connectivity index (χ3v) is 6.17. The molecule has 1 aliphatic carbocycles. The molecule has 1 saturated carbocycles. The maximum atomic E-state index is 6.08. The lowest BCUT2D eigenvalue weighted by atomic mass is 9.71. The number of hydrogen-bond donors (Lipinski definition) is 0. The van der Waals surface area contributed by atoms with Crippen LogP contribution in [0.1, 0.15) is 32.1 Å². The second kappa shape index (κ2) is 4.72. The Labute approximate surface area is 130 Å². The summed E-state index contributed by atoms with van der Waals surface area (Å²) in [5.74, 6) is 0.798. The van der Waals surface area contributed by atoms with E-state index >= 15 is 0 Å². The van der Waals surface area contributed by atoms with Crippen LogP contribution < -0.4 is 4.90 Å². The van der Waals surface area contributed by atoms with E-state index in [-0.39, 0.29) is 0 Å². The summed E-state index contributed by atoms with van der Waals surface area (Å²) in [5.41, 5.74) is 2.31. The van der Waals surface area contributed by atoms with Gasteiger partial charge in [-0.1, -0.05) is 18.6 Å². The Bertz CT molecular complexity index is 656. The van der Waals surface area contributed by atoms with Crippen molar-refractivity contribution < 1.29 is 9.15 Å². The lowest BCUT2D eigenvalue weighted by Gasteiger charge is -2.37. The van der Waals surface area contributed by atoms with Crippen LogP contribution in [0.3, 0.4) is 0 Å². The van der Waals surface area contributed by atoms with E-state index in [1.807, 2.05) is 24.3 Å². The minimum absolute atomic E-state index is 0.431. The largest absolute Gasteiger partial charge is 0.423 e. The predicted molar refractivity (Wildman–Crippen MR) is 85.0 cm³/mol. The molecule has 2 saturated heterocycles. The first kappa shape index (κ1) is 12.9. The zero-order chi connectivity index (χ0) is 14.6. The number of benzene rings is 1. The van der Waals surface area contributed by atoms with Crippen molar-refractivity contribution in [1.82, 2.24) is 4.98 Å². The Morgan fingerprint density at radius 3 is 2.86 bits per heavy atom. The molecule has 3 aliphatic rings. The molecule has 1 aromatic carbocycles. The van der Waals surface area contributed by atoms with Crippen LogP contribution in [-0.4, -0.2) is 30.8 Å². The van der Waals surface area contributed by atoms with E-state index in [0.29, 0.717) is 11.5 Å². The van der Waals surface area contributed by atoms with Crippen molar-refractivity contribution in [2.75, 3.05) is 24.7 Å². The van der Waals surface area contributed by atoms with E-state index in [1.54, 1.807) is 0 Å². The highest BCUT2D eigenvalue weighted by Crippen LogP contribution is 2.54. The topological polar surface area (TPSA) is 38.5 Å². The van der Waals surface area contributed by atoms with Gasteiger partial charge in [-0.15, -0.1) is 0 Å². The number of oxazole rings is 1. The van der Waals surface area contributed by atoms with Crippen LogP contribution in [0.2, 0.25) is 0 Å². The Morgan fingerprint density at radius 2 is 2.00 bits per heavy atom. The number of nitrogens with zero attached hydrogens (tertiary/aromatic N) is 2. The molecular formula is C18H22N2O2. The number of ether oxygens (including phenoxy) is 1. The first-order valence-corrected chi connectivity index (χ1v) is 8.56. The van der Waals surface area contributed by atoms with Gasteiger partial charge in [-0.25, -0.2) is 0 Å². The fraction of sp³-hybridized carbons (Fsp3) is 0.611. The first-order valence-electron chi connectivity index (χ1n) is 8.56. The van der Waals surface area contributed by atoms with Crippen LogP contribution >= 0.6 is 0 Å². The molecule has 0 N–H and O–H groups in total. The van der Waals surface area contributed by atoms with E-state index in [4.69, 9.17) is 14.1 Å². The van der Waals surface area contributed by atoms with Crippen LogP contribution in [0.5, 0.6) is 0 Å². The van der Waals surface area contributed by atoms with Crippen molar-refractivity contribution in [2.24, 2.45) is 11.3 Å². The summed E-state index contributed by atoms with van der Waals surface area (Å²) in [5, 5.41) is 0. The highest BCUT2D eigenvalue weighted by molar-refractivity contribution is 5.74. The third kappa shape index (κ3) is 1.76. The Kier molecular flexibility index (Phi) is 2.78. The normalized spacial score (nSPS) is 30.3. The lowest BCUT2D eigenvalue weighted by molar-refractivity contribution is 0.00152. The van der Waals surface area contributed by atoms with Crippen molar-refractivity contribution in [1.29, 1.82) is 0 Å². The maximum absolute atomic E-state index is 6.08. The van der Waals surface area contributed by atoms with Gasteiger partial charge in [0.05, 0.1) is 0 Å².